The molecule has 0 radical (unpaired) electrons. The highest BCUT2D eigenvalue weighted by Gasteiger charge is 2.37. The van der Waals surface area contributed by atoms with Crippen LogP contribution in [0, 0.1) is 11.6 Å². The summed E-state index contributed by atoms with van der Waals surface area (Å²) in [6, 6.07) is 9.67. The van der Waals surface area contributed by atoms with E-state index in [0.717, 1.165) is 30.2 Å². The minimum Gasteiger partial charge on any atom is -0.460 e. The third-order valence-corrected chi connectivity index (χ3v) is 4.43. The zero-order valence-electron chi connectivity index (χ0n) is 12.7. The monoisotopic (exact) mass is 383 g/mol. The number of rotatable bonds is 5. The van der Waals surface area contributed by atoms with E-state index >= 15 is 0 Å². The summed E-state index contributed by atoms with van der Waals surface area (Å²) in [4.78, 5) is 12.4. The van der Waals surface area contributed by atoms with Gasteiger partial charge in [0.15, 0.2) is 6.10 Å². The topological polar surface area (TPSA) is 61.5 Å². The molecule has 0 saturated carbocycles. The molecule has 1 aliphatic heterocycles. The summed E-state index contributed by atoms with van der Waals surface area (Å²) in [5.41, 5.74) is 6.39. The Labute approximate surface area is 151 Å². The number of ketones is 1. The Balaban J connectivity index is 1.64. The first-order valence-electron chi connectivity index (χ1n) is 7.15. The summed E-state index contributed by atoms with van der Waals surface area (Å²) in [7, 11) is 0. The van der Waals surface area contributed by atoms with Crippen molar-refractivity contribution < 1.29 is 22.5 Å². The minimum absolute atomic E-state index is 0.000729. The molecular formula is C17H12ClF2NO3S. The average Bonchev–Trinajstić information content (AvgIpc) is 2.87. The second kappa shape index (κ2) is 7.33. The van der Waals surface area contributed by atoms with Crippen molar-refractivity contribution in [2.45, 2.75) is 11.9 Å². The molecule has 2 N–H and O–H groups in total. The molecule has 0 spiro atoms. The first-order valence-corrected chi connectivity index (χ1v) is 8.44. The van der Waals surface area contributed by atoms with Crippen molar-refractivity contribution >= 4 is 29.4 Å². The molecule has 0 aromatic heterocycles. The van der Waals surface area contributed by atoms with Crippen LogP contribution in [-0.2, 0) is 19.5 Å². The number of benzene rings is 2. The lowest BCUT2D eigenvalue weighted by Gasteiger charge is -2.09. The van der Waals surface area contributed by atoms with E-state index in [1.165, 1.54) is 0 Å². The van der Waals surface area contributed by atoms with E-state index in [1.807, 2.05) is 0 Å². The molecule has 25 heavy (non-hydrogen) atoms. The maximum atomic E-state index is 13.6. The van der Waals surface area contributed by atoms with Crippen LogP contribution in [0.1, 0.15) is 17.2 Å². The van der Waals surface area contributed by atoms with Crippen molar-refractivity contribution in [3.63, 3.8) is 0 Å². The zero-order valence-corrected chi connectivity index (χ0v) is 14.2. The van der Waals surface area contributed by atoms with Crippen LogP contribution < -0.4 is 5.73 Å². The van der Waals surface area contributed by atoms with Crippen LogP contribution in [0.2, 0.25) is 5.02 Å². The number of nitrogens with two attached hydrogens (primary N) is 1. The summed E-state index contributed by atoms with van der Waals surface area (Å²) < 4.78 is 37.3. The molecule has 1 aliphatic rings. The molecule has 2 aromatic carbocycles. The molecule has 0 aliphatic carbocycles. The first kappa shape index (κ1) is 17.6. The predicted molar refractivity (Wildman–Crippen MR) is 90.2 cm³/mol. The highest BCUT2D eigenvalue weighted by atomic mass is 35.5. The molecule has 0 saturated heterocycles. The highest BCUT2D eigenvalue weighted by molar-refractivity contribution is 7.94. The number of hydrogen-bond donors (Lipinski definition) is 1. The van der Waals surface area contributed by atoms with Gasteiger partial charge in [0, 0.05) is 16.1 Å². The Bertz CT molecular complexity index is 842. The van der Waals surface area contributed by atoms with Gasteiger partial charge in [-0.1, -0.05) is 23.7 Å². The van der Waals surface area contributed by atoms with Crippen LogP contribution in [0.3, 0.4) is 0 Å². The van der Waals surface area contributed by atoms with Crippen LogP contribution >= 0.6 is 23.6 Å². The lowest BCUT2D eigenvalue weighted by atomic mass is 10.1. The number of halogens is 3. The number of Topliss-reactive ketones (excluding diaryl/α,β-unsaturated/α-hetero) is 1. The van der Waals surface area contributed by atoms with E-state index in [1.54, 1.807) is 24.3 Å². The normalized spacial score (nSPS) is 16.9. The van der Waals surface area contributed by atoms with Gasteiger partial charge in [0.05, 0.1) is 17.8 Å². The molecular weight excluding hydrogens is 372 g/mol. The smallest absolute Gasteiger partial charge is 0.249 e. The Morgan fingerprint density at radius 1 is 1.20 bits per heavy atom. The van der Waals surface area contributed by atoms with Crippen molar-refractivity contribution in [1.82, 2.24) is 0 Å². The molecule has 130 valence electrons. The van der Waals surface area contributed by atoms with Gasteiger partial charge in [0.25, 0.3) is 0 Å². The Morgan fingerprint density at radius 2 is 1.92 bits per heavy atom. The molecule has 1 heterocycles. The van der Waals surface area contributed by atoms with Gasteiger partial charge in [-0.2, -0.15) is 0 Å². The maximum Gasteiger partial charge on any atom is 0.249 e. The van der Waals surface area contributed by atoms with E-state index < -0.39 is 23.5 Å². The Hall–Kier alpha value is -2.25. The number of carbonyl (C=O) groups is 1. The van der Waals surface area contributed by atoms with Gasteiger partial charge >= 0.3 is 0 Å². The summed E-state index contributed by atoms with van der Waals surface area (Å²) in [5, 5.41) is 0.527. The van der Waals surface area contributed by atoms with Crippen molar-refractivity contribution in [2.24, 2.45) is 5.73 Å². The van der Waals surface area contributed by atoms with Crippen LogP contribution in [0.5, 0.6) is 0 Å². The second-order valence-corrected chi connectivity index (χ2v) is 6.32. The van der Waals surface area contributed by atoms with Crippen molar-refractivity contribution in [2.75, 3.05) is 0 Å². The van der Waals surface area contributed by atoms with Gasteiger partial charge < -0.3 is 14.7 Å². The Kier molecular flexibility index (Phi) is 5.15. The SMILES string of the molecule is NC1=C(OSCc2cc(F)ccc2F)C(=O)C(c2ccc(Cl)cc2)O1. The lowest BCUT2D eigenvalue weighted by molar-refractivity contribution is -0.122. The predicted octanol–water partition coefficient (Wildman–Crippen LogP) is 4.25. The van der Waals surface area contributed by atoms with Crippen molar-refractivity contribution in [3.05, 3.63) is 81.9 Å². The number of ether oxygens (including phenoxy) is 1. The second-order valence-electron chi connectivity index (χ2n) is 5.19. The lowest BCUT2D eigenvalue weighted by Crippen LogP contribution is -2.10. The molecule has 0 amide bonds. The standard InChI is InChI=1S/C17H12ClF2NO3S/c18-11-3-1-9(2-4-11)15-14(22)16(17(21)23-15)24-25-8-10-7-12(19)5-6-13(10)20/h1-7,15H,8,21H2. The average molecular weight is 384 g/mol. The molecule has 3 rings (SSSR count). The summed E-state index contributed by atoms with van der Waals surface area (Å²) in [6.07, 6.45) is -0.918. The number of carbonyl (C=O) groups excluding carboxylic acids is 1. The van der Waals surface area contributed by atoms with Gasteiger partial charge in [0.2, 0.25) is 17.4 Å². The minimum atomic E-state index is -0.918. The third kappa shape index (κ3) is 3.88. The molecule has 0 bridgehead atoms. The van der Waals surface area contributed by atoms with Crippen LogP contribution in [-0.4, -0.2) is 5.78 Å². The summed E-state index contributed by atoms with van der Waals surface area (Å²) >= 11 is 6.58. The van der Waals surface area contributed by atoms with E-state index in [-0.39, 0.29) is 23.0 Å². The summed E-state index contributed by atoms with van der Waals surface area (Å²) in [6.45, 7) is 0. The van der Waals surface area contributed by atoms with E-state index in [4.69, 9.17) is 26.3 Å². The molecule has 4 nitrogen and oxygen atoms in total. The van der Waals surface area contributed by atoms with Gasteiger partial charge in [0.1, 0.15) is 11.6 Å². The fourth-order valence-electron chi connectivity index (χ4n) is 2.22. The first-order chi connectivity index (χ1) is 12.0. The fraction of sp³-hybridized carbons (Fsp3) is 0.118. The molecule has 8 heteroatoms. The van der Waals surface area contributed by atoms with Gasteiger partial charge in [-0.25, -0.2) is 8.78 Å². The van der Waals surface area contributed by atoms with Gasteiger partial charge in [-0.05, 0) is 30.3 Å². The van der Waals surface area contributed by atoms with Crippen LogP contribution in [0.4, 0.5) is 8.78 Å². The fourth-order valence-corrected chi connectivity index (χ4v) is 3.03. The largest absolute Gasteiger partial charge is 0.460 e. The molecule has 0 fully saturated rings. The maximum absolute atomic E-state index is 13.6. The van der Waals surface area contributed by atoms with Crippen LogP contribution in [0.15, 0.2) is 54.1 Å². The molecule has 1 atom stereocenters. The van der Waals surface area contributed by atoms with Crippen molar-refractivity contribution in [1.29, 1.82) is 0 Å². The highest BCUT2D eigenvalue weighted by Crippen LogP contribution is 2.34. The van der Waals surface area contributed by atoms with E-state index in [2.05, 4.69) is 0 Å². The summed E-state index contributed by atoms with van der Waals surface area (Å²) in [5.74, 6) is -1.88. The van der Waals surface area contributed by atoms with E-state index in [9.17, 15) is 13.6 Å². The van der Waals surface area contributed by atoms with Crippen molar-refractivity contribution in [3.8, 4) is 0 Å². The quantitative estimate of drug-likeness (QED) is 0.782. The molecule has 1 unspecified atom stereocenters. The van der Waals surface area contributed by atoms with Gasteiger partial charge in [-0.15, -0.1) is 0 Å². The van der Waals surface area contributed by atoms with E-state index in [0.29, 0.717) is 10.6 Å². The van der Waals surface area contributed by atoms with Gasteiger partial charge in [-0.3, -0.25) is 4.79 Å². The molecule has 2 aromatic rings. The van der Waals surface area contributed by atoms with Crippen LogP contribution in [0.25, 0.3) is 0 Å². The Morgan fingerprint density at radius 3 is 2.64 bits per heavy atom. The number of hydrogen-bond acceptors (Lipinski definition) is 5. The zero-order chi connectivity index (χ0) is 18.0. The third-order valence-electron chi connectivity index (χ3n) is 3.47.